The number of benzene rings is 1. The Labute approximate surface area is 167 Å². The maximum Gasteiger partial charge on any atom is 0.193 e. The van der Waals surface area contributed by atoms with Crippen LogP contribution in [0.25, 0.3) is 0 Å². The summed E-state index contributed by atoms with van der Waals surface area (Å²) in [6, 6.07) is 8.28. The zero-order valence-electron chi connectivity index (χ0n) is 14.8. The summed E-state index contributed by atoms with van der Waals surface area (Å²) < 4.78 is 5.32. The molecule has 1 heterocycles. The van der Waals surface area contributed by atoms with Crippen LogP contribution in [0.5, 0.6) is 5.75 Å². The van der Waals surface area contributed by atoms with Crippen molar-refractivity contribution in [2.75, 3.05) is 63.8 Å². The van der Waals surface area contributed by atoms with Crippen LogP contribution in [0.2, 0.25) is 0 Å². The van der Waals surface area contributed by atoms with Crippen LogP contribution in [0.15, 0.2) is 29.3 Å². The van der Waals surface area contributed by atoms with Crippen molar-refractivity contribution < 1.29 is 4.74 Å². The zero-order valence-corrected chi connectivity index (χ0v) is 18.0. The maximum atomic E-state index is 5.32. The van der Waals surface area contributed by atoms with Gasteiger partial charge in [-0.1, -0.05) is 6.07 Å². The first-order valence-corrected chi connectivity index (χ1v) is 9.51. The van der Waals surface area contributed by atoms with Gasteiger partial charge >= 0.3 is 0 Å². The molecule has 1 aromatic rings. The van der Waals surface area contributed by atoms with Crippen LogP contribution in [0, 0.1) is 0 Å². The van der Waals surface area contributed by atoms with Crippen molar-refractivity contribution >= 4 is 47.4 Å². The average molecular weight is 464 g/mol. The maximum absolute atomic E-state index is 5.32. The Hall–Kier alpha value is -0.830. The summed E-state index contributed by atoms with van der Waals surface area (Å²) >= 11 is 1.89. The summed E-state index contributed by atoms with van der Waals surface area (Å²) in [6.07, 6.45) is 3.32. The van der Waals surface area contributed by atoms with Crippen LogP contribution >= 0.6 is 35.7 Å². The van der Waals surface area contributed by atoms with Crippen molar-refractivity contribution in [2.45, 2.75) is 6.42 Å². The highest BCUT2D eigenvalue weighted by Crippen LogP contribution is 2.22. The van der Waals surface area contributed by atoms with Gasteiger partial charge in [-0.3, -0.25) is 4.99 Å². The number of thioether (sulfide) groups is 1. The molecule has 2 rings (SSSR count). The number of piperazine rings is 1. The lowest BCUT2D eigenvalue weighted by molar-refractivity contribution is 0.372. The van der Waals surface area contributed by atoms with Gasteiger partial charge in [0.05, 0.1) is 7.11 Å². The molecule has 136 valence electrons. The highest BCUT2D eigenvalue weighted by molar-refractivity contribution is 14.0. The molecule has 1 saturated heterocycles. The van der Waals surface area contributed by atoms with Crippen molar-refractivity contribution in [2.24, 2.45) is 4.99 Å². The summed E-state index contributed by atoms with van der Waals surface area (Å²) in [5, 5.41) is 3.47. The molecular weight excluding hydrogens is 435 g/mol. The molecule has 0 unspecified atom stereocenters. The lowest BCUT2D eigenvalue weighted by atomic mass is 10.2. The summed E-state index contributed by atoms with van der Waals surface area (Å²) in [7, 11) is 3.58. The summed E-state index contributed by atoms with van der Waals surface area (Å²) in [4.78, 5) is 9.17. The van der Waals surface area contributed by atoms with E-state index in [4.69, 9.17) is 4.74 Å². The van der Waals surface area contributed by atoms with Gasteiger partial charge in [-0.2, -0.15) is 11.8 Å². The Morgan fingerprint density at radius 1 is 1.29 bits per heavy atom. The van der Waals surface area contributed by atoms with E-state index in [2.05, 4.69) is 38.5 Å². The van der Waals surface area contributed by atoms with Crippen molar-refractivity contribution in [3.63, 3.8) is 0 Å². The lowest BCUT2D eigenvalue weighted by Crippen LogP contribution is -2.52. The number of ether oxygens (including phenoxy) is 1. The molecule has 0 amide bonds. The van der Waals surface area contributed by atoms with Gasteiger partial charge in [0.2, 0.25) is 0 Å². The van der Waals surface area contributed by atoms with Crippen LogP contribution in [-0.4, -0.2) is 69.7 Å². The van der Waals surface area contributed by atoms with E-state index >= 15 is 0 Å². The molecule has 1 N–H and O–H groups in total. The van der Waals surface area contributed by atoms with E-state index in [9.17, 15) is 0 Å². The third-order valence-electron chi connectivity index (χ3n) is 4.02. The minimum atomic E-state index is 0. The Balaban J connectivity index is 0.00000288. The van der Waals surface area contributed by atoms with Gasteiger partial charge in [0.25, 0.3) is 0 Å². The van der Waals surface area contributed by atoms with Crippen LogP contribution in [0.1, 0.15) is 6.42 Å². The number of nitrogens with one attached hydrogen (secondary N) is 1. The number of hydrogen-bond donors (Lipinski definition) is 1. The summed E-state index contributed by atoms with van der Waals surface area (Å²) in [6.45, 7) is 4.96. The van der Waals surface area contributed by atoms with Gasteiger partial charge in [-0.25, -0.2) is 0 Å². The molecule has 0 atom stereocenters. The highest BCUT2D eigenvalue weighted by atomic mass is 127. The van der Waals surface area contributed by atoms with Gasteiger partial charge in [-0.15, -0.1) is 24.0 Å². The number of nitrogens with zero attached hydrogens (tertiary/aromatic N) is 3. The molecule has 0 bridgehead atoms. The zero-order chi connectivity index (χ0) is 16.5. The van der Waals surface area contributed by atoms with E-state index < -0.39 is 0 Å². The monoisotopic (exact) mass is 464 g/mol. The second-order valence-corrected chi connectivity index (χ2v) is 6.48. The number of anilines is 1. The topological polar surface area (TPSA) is 40.1 Å². The second kappa shape index (κ2) is 11.7. The van der Waals surface area contributed by atoms with E-state index in [1.807, 2.05) is 30.9 Å². The van der Waals surface area contributed by atoms with Crippen molar-refractivity contribution in [3.05, 3.63) is 24.3 Å². The molecule has 5 nitrogen and oxygen atoms in total. The first-order chi connectivity index (χ1) is 11.3. The van der Waals surface area contributed by atoms with Gasteiger partial charge in [0.15, 0.2) is 5.96 Å². The molecule has 1 aliphatic rings. The van der Waals surface area contributed by atoms with E-state index in [1.54, 1.807) is 7.11 Å². The minimum absolute atomic E-state index is 0. The largest absolute Gasteiger partial charge is 0.497 e. The standard InChI is InChI=1S/C17H28N4OS.HI/c1-18-17(19-8-5-13-23-3)21-11-9-20(10-12-21)15-6-4-7-16(14-15)22-2;/h4,6-7,14H,5,8-13H2,1-3H3,(H,18,19);1H. The quantitative estimate of drug-likeness (QED) is 0.304. The highest BCUT2D eigenvalue weighted by Gasteiger charge is 2.19. The predicted octanol–water partition coefficient (Wildman–Crippen LogP) is 2.76. The number of hydrogen-bond acceptors (Lipinski definition) is 4. The van der Waals surface area contributed by atoms with Gasteiger partial charge < -0.3 is 19.9 Å². The van der Waals surface area contributed by atoms with Gasteiger partial charge in [0, 0.05) is 51.5 Å². The van der Waals surface area contributed by atoms with E-state index in [0.717, 1.165) is 44.4 Å². The van der Waals surface area contributed by atoms with Crippen LogP contribution in [0.3, 0.4) is 0 Å². The molecule has 0 aromatic heterocycles. The molecule has 0 spiro atoms. The molecular formula is C17H29IN4OS. The van der Waals surface area contributed by atoms with Crippen LogP contribution < -0.4 is 15.0 Å². The van der Waals surface area contributed by atoms with E-state index in [-0.39, 0.29) is 24.0 Å². The third-order valence-corrected chi connectivity index (χ3v) is 4.71. The third kappa shape index (κ3) is 6.23. The Kier molecular flexibility index (Phi) is 10.3. The van der Waals surface area contributed by atoms with Crippen molar-refractivity contribution in [1.29, 1.82) is 0 Å². The molecule has 0 aliphatic carbocycles. The lowest BCUT2D eigenvalue weighted by Gasteiger charge is -2.37. The fraction of sp³-hybridized carbons (Fsp3) is 0.588. The Morgan fingerprint density at radius 3 is 2.67 bits per heavy atom. The molecule has 1 aliphatic heterocycles. The fourth-order valence-electron chi connectivity index (χ4n) is 2.73. The molecule has 1 fully saturated rings. The normalized spacial score (nSPS) is 15.0. The first kappa shape index (κ1) is 21.2. The van der Waals surface area contributed by atoms with E-state index in [1.165, 1.54) is 17.9 Å². The number of rotatable bonds is 6. The second-order valence-electron chi connectivity index (χ2n) is 5.50. The predicted molar refractivity (Wildman–Crippen MR) is 117 cm³/mol. The number of aliphatic imine (C=N–C) groups is 1. The number of methoxy groups -OCH3 is 1. The van der Waals surface area contributed by atoms with E-state index in [0.29, 0.717) is 0 Å². The summed E-state index contributed by atoms with van der Waals surface area (Å²) in [5.74, 6) is 3.13. The number of guanidine groups is 1. The minimum Gasteiger partial charge on any atom is -0.497 e. The Morgan fingerprint density at radius 2 is 2.04 bits per heavy atom. The first-order valence-electron chi connectivity index (χ1n) is 8.12. The van der Waals surface area contributed by atoms with Gasteiger partial charge in [0.1, 0.15) is 5.75 Å². The van der Waals surface area contributed by atoms with Crippen LogP contribution in [-0.2, 0) is 0 Å². The van der Waals surface area contributed by atoms with Crippen molar-refractivity contribution in [1.82, 2.24) is 10.2 Å². The average Bonchev–Trinajstić information content (AvgIpc) is 2.62. The fourth-order valence-corrected chi connectivity index (χ4v) is 3.17. The van der Waals surface area contributed by atoms with Gasteiger partial charge in [-0.05, 0) is 30.6 Å². The smallest absolute Gasteiger partial charge is 0.193 e. The molecule has 1 aromatic carbocycles. The van der Waals surface area contributed by atoms with Crippen molar-refractivity contribution in [3.8, 4) is 5.75 Å². The SMILES string of the molecule is CN=C(NCCCSC)N1CCN(c2cccc(OC)c2)CC1.I. The molecule has 0 radical (unpaired) electrons. The summed E-state index contributed by atoms with van der Waals surface area (Å²) in [5.41, 5.74) is 1.23. The molecule has 7 heteroatoms. The Bertz CT molecular complexity index is 507. The van der Waals surface area contributed by atoms with Crippen LogP contribution in [0.4, 0.5) is 5.69 Å². The number of halogens is 1. The molecule has 24 heavy (non-hydrogen) atoms. The molecule has 0 saturated carbocycles.